The van der Waals surface area contributed by atoms with E-state index in [1.165, 1.54) is 0 Å². The average molecular weight is 240 g/mol. The van der Waals surface area contributed by atoms with Crippen molar-refractivity contribution in [2.24, 2.45) is 11.8 Å². The number of pyridine rings is 1. The monoisotopic (exact) mass is 239 g/mol. The van der Waals surface area contributed by atoms with E-state index in [0.29, 0.717) is 16.8 Å². The van der Waals surface area contributed by atoms with Gasteiger partial charge < -0.3 is 10.6 Å². The van der Waals surface area contributed by atoms with E-state index in [0.717, 1.165) is 13.1 Å². The third kappa shape index (κ3) is 2.51. The van der Waals surface area contributed by atoms with Crippen LogP contribution in [0.1, 0.15) is 6.92 Å². The fraction of sp³-hybridized carbons (Fsp3) is 0.455. The predicted molar refractivity (Wildman–Crippen MR) is 63.4 cm³/mol. The summed E-state index contributed by atoms with van der Waals surface area (Å²) in [5.41, 5.74) is 0.698. The molecule has 0 aliphatic carbocycles. The van der Waals surface area contributed by atoms with Gasteiger partial charge in [0.25, 0.3) is 0 Å². The predicted octanol–water partition coefficient (Wildman–Crippen LogP) is 1.53. The van der Waals surface area contributed by atoms with Gasteiger partial charge in [0.2, 0.25) is 5.91 Å². The lowest BCUT2D eigenvalue weighted by molar-refractivity contribution is -0.120. The quantitative estimate of drug-likeness (QED) is 0.770. The van der Waals surface area contributed by atoms with Gasteiger partial charge in [-0.05, 0) is 24.6 Å². The zero-order valence-electron chi connectivity index (χ0n) is 9.03. The molecule has 2 unspecified atom stereocenters. The van der Waals surface area contributed by atoms with E-state index in [1.807, 2.05) is 0 Å². The molecule has 1 aromatic rings. The minimum Gasteiger partial charge on any atom is -0.326 e. The second-order valence-electron chi connectivity index (χ2n) is 4.10. The molecule has 2 rings (SSSR count). The summed E-state index contributed by atoms with van der Waals surface area (Å²) in [5, 5.41) is 6.44. The molecule has 1 saturated heterocycles. The number of nitrogens with one attached hydrogen (secondary N) is 2. The van der Waals surface area contributed by atoms with Crippen molar-refractivity contribution >= 4 is 23.2 Å². The van der Waals surface area contributed by atoms with Crippen molar-refractivity contribution in [3.63, 3.8) is 0 Å². The highest BCUT2D eigenvalue weighted by atomic mass is 35.5. The molecule has 1 aromatic heterocycles. The van der Waals surface area contributed by atoms with Crippen LogP contribution < -0.4 is 10.6 Å². The van der Waals surface area contributed by atoms with E-state index < -0.39 is 0 Å². The van der Waals surface area contributed by atoms with Crippen LogP contribution in [-0.2, 0) is 4.79 Å². The van der Waals surface area contributed by atoms with Crippen molar-refractivity contribution in [2.45, 2.75) is 6.92 Å². The van der Waals surface area contributed by atoms with Crippen molar-refractivity contribution in [3.8, 4) is 0 Å². The number of rotatable bonds is 2. The number of carbonyl (C=O) groups is 1. The summed E-state index contributed by atoms with van der Waals surface area (Å²) < 4.78 is 0. The molecular formula is C11H14ClN3O. The van der Waals surface area contributed by atoms with Crippen molar-refractivity contribution < 1.29 is 4.79 Å². The molecule has 5 heteroatoms. The molecule has 0 radical (unpaired) electrons. The Kier molecular flexibility index (Phi) is 3.41. The van der Waals surface area contributed by atoms with Gasteiger partial charge in [-0.1, -0.05) is 18.5 Å². The maximum absolute atomic E-state index is 11.9. The molecule has 2 N–H and O–H groups in total. The van der Waals surface area contributed by atoms with Crippen LogP contribution in [0.2, 0.25) is 5.15 Å². The standard InChI is InChI=1S/C11H14ClN3O/c1-7-5-13-6-9(7)11(16)15-8-2-3-14-10(12)4-8/h2-4,7,9,13H,5-6H2,1H3,(H,14,15,16). The smallest absolute Gasteiger partial charge is 0.229 e. The third-order valence-electron chi connectivity index (χ3n) is 2.85. The maximum Gasteiger partial charge on any atom is 0.229 e. The van der Waals surface area contributed by atoms with Crippen molar-refractivity contribution in [1.29, 1.82) is 0 Å². The summed E-state index contributed by atoms with van der Waals surface area (Å²) in [6, 6.07) is 3.38. The van der Waals surface area contributed by atoms with Crippen LogP contribution in [0.5, 0.6) is 0 Å². The van der Waals surface area contributed by atoms with Gasteiger partial charge in [0.1, 0.15) is 5.15 Å². The molecular weight excluding hydrogens is 226 g/mol. The van der Waals surface area contributed by atoms with Crippen LogP contribution in [0, 0.1) is 11.8 Å². The molecule has 0 aromatic carbocycles. The highest BCUT2D eigenvalue weighted by molar-refractivity contribution is 6.29. The fourth-order valence-corrected chi connectivity index (χ4v) is 2.05. The van der Waals surface area contributed by atoms with Gasteiger partial charge in [0.05, 0.1) is 5.92 Å². The largest absolute Gasteiger partial charge is 0.326 e. The number of hydrogen-bond donors (Lipinski definition) is 2. The topological polar surface area (TPSA) is 54.0 Å². The SMILES string of the molecule is CC1CNCC1C(=O)Nc1ccnc(Cl)c1. The van der Waals surface area contributed by atoms with Gasteiger partial charge in [-0.25, -0.2) is 4.98 Å². The summed E-state index contributed by atoms with van der Waals surface area (Å²) in [5.74, 6) is 0.448. The first-order valence-electron chi connectivity index (χ1n) is 5.30. The Morgan fingerprint density at radius 3 is 3.06 bits per heavy atom. The number of carbonyl (C=O) groups excluding carboxylic acids is 1. The van der Waals surface area contributed by atoms with E-state index in [2.05, 4.69) is 22.5 Å². The lowest BCUT2D eigenvalue weighted by Gasteiger charge is -2.14. The van der Waals surface area contributed by atoms with E-state index in [-0.39, 0.29) is 11.8 Å². The Morgan fingerprint density at radius 2 is 2.44 bits per heavy atom. The average Bonchev–Trinajstić information content (AvgIpc) is 2.64. The summed E-state index contributed by atoms with van der Waals surface area (Å²) in [4.78, 5) is 15.8. The van der Waals surface area contributed by atoms with Crippen molar-refractivity contribution in [2.75, 3.05) is 18.4 Å². The van der Waals surface area contributed by atoms with Crippen molar-refractivity contribution in [1.82, 2.24) is 10.3 Å². The van der Waals surface area contributed by atoms with Gasteiger partial charge in [-0.2, -0.15) is 0 Å². The Morgan fingerprint density at radius 1 is 1.62 bits per heavy atom. The zero-order valence-corrected chi connectivity index (χ0v) is 9.79. The first kappa shape index (κ1) is 11.4. The van der Waals surface area contributed by atoms with E-state index in [9.17, 15) is 4.79 Å². The summed E-state index contributed by atoms with van der Waals surface area (Å²) in [7, 11) is 0. The van der Waals surface area contributed by atoms with E-state index in [4.69, 9.17) is 11.6 Å². The van der Waals surface area contributed by atoms with E-state index >= 15 is 0 Å². The molecule has 0 bridgehead atoms. The lowest BCUT2D eigenvalue weighted by atomic mass is 9.97. The molecule has 86 valence electrons. The molecule has 0 saturated carbocycles. The van der Waals surface area contributed by atoms with Crippen molar-refractivity contribution in [3.05, 3.63) is 23.5 Å². The van der Waals surface area contributed by atoms with Gasteiger partial charge in [0.15, 0.2) is 0 Å². The minimum absolute atomic E-state index is 0.0342. The minimum atomic E-state index is 0.0342. The number of amides is 1. The molecule has 2 heterocycles. The summed E-state index contributed by atoms with van der Waals surface area (Å²) in [6.07, 6.45) is 1.58. The lowest BCUT2D eigenvalue weighted by Crippen LogP contribution is -2.27. The Bertz CT molecular complexity index is 397. The van der Waals surface area contributed by atoms with Gasteiger partial charge in [0, 0.05) is 18.4 Å². The number of aromatic nitrogens is 1. The highest BCUT2D eigenvalue weighted by Crippen LogP contribution is 2.19. The molecule has 16 heavy (non-hydrogen) atoms. The molecule has 1 amide bonds. The molecule has 1 aliphatic heterocycles. The Hall–Kier alpha value is -1.13. The number of hydrogen-bond acceptors (Lipinski definition) is 3. The van der Waals surface area contributed by atoms with E-state index in [1.54, 1.807) is 18.3 Å². The molecule has 1 aliphatic rings. The van der Waals surface area contributed by atoms with Crippen LogP contribution in [0.4, 0.5) is 5.69 Å². The van der Waals surface area contributed by atoms with Gasteiger partial charge >= 0.3 is 0 Å². The second kappa shape index (κ2) is 4.80. The Balaban J connectivity index is 2.02. The van der Waals surface area contributed by atoms with Crippen LogP contribution in [0.3, 0.4) is 0 Å². The summed E-state index contributed by atoms with van der Waals surface area (Å²) >= 11 is 5.74. The zero-order chi connectivity index (χ0) is 11.5. The number of nitrogens with zero attached hydrogens (tertiary/aromatic N) is 1. The van der Waals surface area contributed by atoms with Crippen LogP contribution >= 0.6 is 11.6 Å². The number of anilines is 1. The fourth-order valence-electron chi connectivity index (χ4n) is 1.88. The van der Waals surface area contributed by atoms with Gasteiger partial charge in [-0.3, -0.25) is 4.79 Å². The molecule has 4 nitrogen and oxygen atoms in total. The third-order valence-corrected chi connectivity index (χ3v) is 3.06. The second-order valence-corrected chi connectivity index (χ2v) is 4.49. The van der Waals surface area contributed by atoms with Gasteiger partial charge in [-0.15, -0.1) is 0 Å². The first-order valence-corrected chi connectivity index (χ1v) is 5.68. The molecule has 0 spiro atoms. The molecule has 2 atom stereocenters. The normalized spacial score (nSPS) is 24.4. The number of halogens is 1. The summed E-state index contributed by atoms with van der Waals surface area (Å²) in [6.45, 7) is 3.71. The molecule has 1 fully saturated rings. The van der Waals surface area contributed by atoms with Crippen LogP contribution in [-0.4, -0.2) is 24.0 Å². The van der Waals surface area contributed by atoms with Crippen LogP contribution in [0.15, 0.2) is 18.3 Å². The highest BCUT2D eigenvalue weighted by Gasteiger charge is 2.29. The van der Waals surface area contributed by atoms with Crippen LogP contribution in [0.25, 0.3) is 0 Å². The Labute approximate surface area is 99.4 Å². The first-order chi connectivity index (χ1) is 7.66. The maximum atomic E-state index is 11.9.